The molecular formula is C23H21ClN4O5. The molecule has 3 rings (SSSR count). The van der Waals surface area contributed by atoms with Crippen LogP contribution in [-0.2, 0) is 27.3 Å². The molecule has 9 nitrogen and oxygen atoms in total. The third kappa shape index (κ3) is 6.68. The number of benzene rings is 2. The van der Waals surface area contributed by atoms with Crippen molar-refractivity contribution in [2.45, 2.75) is 19.0 Å². The van der Waals surface area contributed by atoms with Crippen LogP contribution in [0.1, 0.15) is 11.1 Å². The highest BCUT2D eigenvalue weighted by Crippen LogP contribution is 2.13. The first-order valence-corrected chi connectivity index (χ1v) is 10.2. The van der Waals surface area contributed by atoms with E-state index in [4.69, 9.17) is 17.3 Å². The number of aromatic nitrogens is 1. The van der Waals surface area contributed by atoms with Crippen molar-refractivity contribution in [1.29, 1.82) is 0 Å². The number of pyridine rings is 1. The van der Waals surface area contributed by atoms with Gasteiger partial charge in [0.05, 0.1) is 12.2 Å². The highest BCUT2D eigenvalue weighted by atomic mass is 35.5. The lowest BCUT2D eigenvalue weighted by molar-refractivity contribution is -0.137. The number of amides is 3. The Morgan fingerprint density at radius 2 is 1.58 bits per heavy atom. The van der Waals surface area contributed by atoms with Gasteiger partial charge in [0.1, 0.15) is 11.8 Å². The van der Waals surface area contributed by atoms with Crippen LogP contribution in [0.25, 0.3) is 0 Å². The molecule has 0 bridgehead atoms. The molecule has 3 amide bonds. The number of phenols is 1. The topological polar surface area (TPSA) is 144 Å². The number of hydrogen-bond donors (Lipinski definition) is 4. The van der Waals surface area contributed by atoms with E-state index >= 15 is 0 Å². The Kier molecular flexibility index (Phi) is 7.47. The molecule has 0 saturated heterocycles. The molecule has 0 aliphatic rings. The molecule has 0 spiro atoms. The Bertz CT molecular complexity index is 1220. The average Bonchev–Trinajstić information content (AvgIpc) is 2.78. The smallest absolute Gasteiger partial charge is 0.313 e. The van der Waals surface area contributed by atoms with E-state index in [0.29, 0.717) is 10.6 Å². The van der Waals surface area contributed by atoms with Crippen molar-refractivity contribution in [3.05, 3.63) is 93.4 Å². The van der Waals surface area contributed by atoms with E-state index in [9.17, 15) is 24.3 Å². The highest BCUT2D eigenvalue weighted by molar-refractivity contribution is 6.40. The number of anilines is 1. The third-order valence-corrected chi connectivity index (χ3v) is 4.99. The van der Waals surface area contributed by atoms with E-state index in [-0.39, 0.29) is 30.0 Å². The van der Waals surface area contributed by atoms with Crippen LogP contribution in [0.15, 0.2) is 71.7 Å². The summed E-state index contributed by atoms with van der Waals surface area (Å²) in [5.74, 6) is -2.85. The third-order valence-electron chi connectivity index (χ3n) is 4.74. The number of rotatable bonds is 7. The van der Waals surface area contributed by atoms with Gasteiger partial charge in [-0.25, -0.2) is 0 Å². The van der Waals surface area contributed by atoms with Crippen molar-refractivity contribution in [1.82, 2.24) is 9.88 Å². The highest BCUT2D eigenvalue weighted by Gasteiger charge is 2.23. The maximum absolute atomic E-state index is 12.3. The molecule has 0 saturated carbocycles. The van der Waals surface area contributed by atoms with E-state index in [1.54, 1.807) is 36.4 Å². The molecule has 3 aromatic rings. The molecule has 0 fully saturated rings. The summed E-state index contributed by atoms with van der Waals surface area (Å²) >= 11 is 5.87. The molecule has 33 heavy (non-hydrogen) atoms. The number of nitrogens with zero attached hydrogens (tertiary/aromatic N) is 1. The van der Waals surface area contributed by atoms with Gasteiger partial charge < -0.3 is 26.0 Å². The minimum atomic E-state index is -1.13. The molecule has 5 N–H and O–H groups in total. The van der Waals surface area contributed by atoms with Crippen molar-refractivity contribution in [3.63, 3.8) is 0 Å². The van der Waals surface area contributed by atoms with Gasteiger partial charge in [-0.05, 0) is 41.5 Å². The zero-order chi connectivity index (χ0) is 24.0. The van der Waals surface area contributed by atoms with Crippen molar-refractivity contribution in [3.8, 4) is 5.75 Å². The predicted molar refractivity (Wildman–Crippen MR) is 123 cm³/mol. The second-order valence-electron chi connectivity index (χ2n) is 7.26. The molecule has 1 aromatic heterocycles. The van der Waals surface area contributed by atoms with Crippen molar-refractivity contribution in [2.24, 2.45) is 5.73 Å². The molecule has 0 aliphatic heterocycles. The number of hydrogen-bond acceptors (Lipinski definition) is 5. The number of halogens is 1. The van der Waals surface area contributed by atoms with Crippen LogP contribution in [0.2, 0.25) is 5.02 Å². The maximum Gasteiger partial charge on any atom is 0.313 e. The minimum Gasteiger partial charge on any atom is -0.508 e. The number of carbonyl (C=O) groups excluding carboxylic acids is 3. The Balaban J connectivity index is 1.66. The number of carbonyl (C=O) groups is 3. The van der Waals surface area contributed by atoms with Gasteiger partial charge in [-0.3, -0.25) is 19.2 Å². The van der Waals surface area contributed by atoms with Gasteiger partial charge in [-0.1, -0.05) is 35.9 Å². The first kappa shape index (κ1) is 23.6. The summed E-state index contributed by atoms with van der Waals surface area (Å²) in [5.41, 5.74) is 6.73. The minimum absolute atomic E-state index is 0.0423. The normalized spacial score (nSPS) is 11.4. The molecule has 2 aromatic carbocycles. The number of phenolic OH excluding ortho intramolecular Hbond substituents is 1. The predicted octanol–water partition coefficient (Wildman–Crippen LogP) is 1.41. The fourth-order valence-corrected chi connectivity index (χ4v) is 3.14. The monoisotopic (exact) mass is 468 g/mol. The molecule has 0 unspecified atom stereocenters. The number of aromatic hydroxyl groups is 1. The second kappa shape index (κ2) is 10.5. The van der Waals surface area contributed by atoms with Gasteiger partial charge >= 0.3 is 11.8 Å². The summed E-state index contributed by atoms with van der Waals surface area (Å²) in [4.78, 5) is 48.6. The SMILES string of the molecule is NC(=O)[C@H](Cc1ccc(O)cc1)NC(=O)C(=O)Nc1ccc(=O)n(Cc2ccc(Cl)cc2)c1. The number of primary amides is 1. The molecule has 10 heteroatoms. The fraction of sp³-hybridized carbons (Fsp3) is 0.130. The Labute approximate surface area is 193 Å². The summed E-state index contributed by atoms with van der Waals surface area (Å²) in [5, 5.41) is 14.6. The summed E-state index contributed by atoms with van der Waals surface area (Å²) in [6, 6.07) is 14.4. The van der Waals surface area contributed by atoms with Gasteiger partial charge in [-0.2, -0.15) is 0 Å². The summed E-state index contributed by atoms with van der Waals surface area (Å²) in [7, 11) is 0. The average molecular weight is 469 g/mol. The number of nitrogens with one attached hydrogen (secondary N) is 2. The van der Waals surface area contributed by atoms with Gasteiger partial charge in [0.25, 0.3) is 5.56 Å². The van der Waals surface area contributed by atoms with E-state index < -0.39 is 23.8 Å². The Morgan fingerprint density at radius 1 is 0.939 bits per heavy atom. The van der Waals surface area contributed by atoms with E-state index in [2.05, 4.69) is 10.6 Å². The zero-order valence-electron chi connectivity index (χ0n) is 17.3. The molecule has 1 atom stereocenters. The number of nitrogens with two attached hydrogens (primary N) is 1. The lowest BCUT2D eigenvalue weighted by Crippen LogP contribution is -2.49. The molecular weight excluding hydrogens is 448 g/mol. The molecule has 0 aliphatic carbocycles. The van der Waals surface area contributed by atoms with Crippen LogP contribution in [0.3, 0.4) is 0 Å². The maximum atomic E-state index is 12.3. The van der Waals surface area contributed by atoms with Gasteiger partial charge in [0.2, 0.25) is 5.91 Å². The summed E-state index contributed by atoms with van der Waals surface area (Å²) in [6.45, 7) is 0.238. The van der Waals surface area contributed by atoms with Crippen molar-refractivity contribution in [2.75, 3.05) is 5.32 Å². The van der Waals surface area contributed by atoms with Crippen LogP contribution < -0.4 is 21.9 Å². The van der Waals surface area contributed by atoms with E-state index in [0.717, 1.165) is 5.56 Å². The van der Waals surface area contributed by atoms with Crippen LogP contribution in [0.4, 0.5) is 5.69 Å². The lowest BCUT2D eigenvalue weighted by atomic mass is 10.1. The van der Waals surface area contributed by atoms with Gasteiger partial charge in [-0.15, -0.1) is 0 Å². The summed E-state index contributed by atoms with van der Waals surface area (Å²) in [6.07, 6.45) is 1.45. The standard InChI is InChI=1S/C23H21ClN4O5/c24-16-5-1-15(2-6-16)12-28-13-17(7-10-20(28)30)26-22(32)23(33)27-19(21(25)31)11-14-3-8-18(29)9-4-14/h1-10,13,19,29H,11-12H2,(H2,25,31)(H,26,32)(H,27,33)/t19-/m0/s1. The van der Waals surface area contributed by atoms with E-state index in [1.807, 2.05) is 0 Å². The first-order valence-electron chi connectivity index (χ1n) is 9.85. The molecule has 170 valence electrons. The molecule has 1 heterocycles. The summed E-state index contributed by atoms with van der Waals surface area (Å²) < 4.78 is 1.37. The van der Waals surface area contributed by atoms with Crippen LogP contribution in [-0.4, -0.2) is 33.4 Å². The lowest BCUT2D eigenvalue weighted by Gasteiger charge is -2.16. The molecule has 0 radical (unpaired) electrons. The van der Waals surface area contributed by atoms with Crippen LogP contribution >= 0.6 is 11.6 Å². The van der Waals surface area contributed by atoms with Crippen LogP contribution in [0.5, 0.6) is 5.75 Å². The first-order chi connectivity index (χ1) is 15.7. The van der Waals surface area contributed by atoms with Crippen LogP contribution in [0, 0.1) is 0 Å². The van der Waals surface area contributed by atoms with Gasteiger partial charge in [0, 0.05) is 23.7 Å². The quantitative estimate of drug-likeness (QED) is 0.387. The zero-order valence-corrected chi connectivity index (χ0v) is 18.1. The Morgan fingerprint density at radius 3 is 2.21 bits per heavy atom. The Hall–Kier alpha value is -4.11. The largest absolute Gasteiger partial charge is 0.508 e. The second-order valence-corrected chi connectivity index (χ2v) is 7.70. The van der Waals surface area contributed by atoms with Crippen molar-refractivity contribution >= 4 is 35.0 Å². The van der Waals surface area contributed by atoms with Crippen molar-refractivity contribution < 1.29 is 19.5 Å². The fourth-order valence-electron chi connectivity index (χ4n) is 3.02. The van der Waals surface area contributed by atoms with Gasteiger partial charge in [0.15, 0.2) is 0 Å². The van der Waals surface area contributed by atoms with E-state index in [1.165, 1.54) is 35.0 Å².